The summed E-state index contributed by atoms with van der Waals surface area (Å²) in [7, 11) is 1.59. The zero-order valence-electron chi connectivity index (χ0n) is 17.0. The van der Waals surface area contributed by atoms with Gasteiger partial charge in [0.2, 0.25) is 0 Å². The van der Waals surface area contributed by atoms with Gasteiger partial charge in [0, 0.05) is 4.47 Å². The van der Waals surface area contributed by atoms with Crippen molar-refractivity contribution in [3.05, 3.63) is 91.7 Å². The standard InChI is InChI=1S/C24H18Br2N2O3S/c1-30-20-11-16(10-19(26)22(20)31-14-15-6-3-2-4-7-15)12-21-23(29)28-24(32-21)27-18-9-5-8-17(25)13-18/h2-13H,14H2,1H3,(H,27,28,29)/b21-12-. The van der Waals surface area contributed by atoms with Crippen LogP contribution < -0.4 is 14.8 Å². The molecule has 0 aromatic heterocycles. The number of rotatable bonds is 6. The quantitative estimate of drug-likeness (QED) is 0.334. The molecular weight excluding hydrogens is 556 g/mol. The van der Waals surface area contributed by atoms with Gasteiger partial charge in [-0.05, 0) is 75.2 Å². The fraction of sp³-hybridized carbons (Fsp3) is 0.0833. The number of benzene rings is 3. The van der Waals surface area contributed by atoms with Gasteiger partial charge in [-0.1, -0.05) is 52.3 Å². The number of methoxy groups -OCH3 is 1. The van der Waals surface area contributed by atoms with Gasteiger partial charge in [-0.25, -0.2) is 4.99 Å². The summed E-state index contributed by atoms with van der Waals surface area (Å²) in [6.07, 6.45) is 1.80. The highest BCUT2D eigenvalue weighted by Gasteiger charge is 2.24. The second-order valence-corrected chi connectivity index (χ2v) is 9.57. The van der Waals surface area contributed by atoms with Crippen LogP contribution >= 0.6 is 43.6 Å². The number of aliphatic imine (C=N–C) groups is 1. The summed E-state index contributed by atoms with van der Waals surface area (Å²) < 4.78 is 13.2. The number of amidine groups is 1. The van der Waals surface area contributed by atoms with E-state index in [0.717, 1.165) is 25.8 Å². The molecule has 8 heteroatoms. The third-order valence-corrected chi connectivity index (χ3v) is 6.46. The van der Waals surface area contributed by atoms with Crippen molar-refractivity contribution in [2.45, 2.75) is 6.61 Å². The van der Waals surface area contributed by atoms with Crippen LogP contribution in [0.25, 0.3) is 6.08 Å². The highest BCUT2D eigenvalue weighted by atomic mass is 79.9. The van der Waals surface area contributed by atoms with Gasteiger partial charge < -0.3 is 14.8 Å². The molecule has 1 amide bonds. The molecule has 0 bridgehead atoms. The van der Waals surface area contributed by atoms with E-state index in [1.54, 1.807) is 13.2 Å². The molecule has 0 spiro atoms. The Morgan fingerprint density at radius 1 is 1.06 bits per heavy atom. The average molecular weight is 574 g/mol. The Labute approximate surface area is 207 Å². The summed E-state index contributed by atoms with van der Waals surface area (Å²) in [4.78, 5) is 17.5. The van der Waals surface area contributed by atoms with E-state index in [2.05, 4.69) is 42.2 Å². The number of amides is 1. The molecule has 0 aliphatic carbocycles. The van der Waals surface area contributed by atoms with Gasteiger partial charge in [0.05, 0.1) is 22.2 Å². The van der Waals surface area contributed by atoms with Gasteiger partial charge in [-0.2, -0.15) is 0 Å². The van der Waals surface area contributed by atoms with Crippen LogP contribution in [0.1, 0.15) is 11.1 Å². The molecule has 1 N–H and O–H groups in total. The van der Waals surface area contributed by atoms with Crippen LogP contribution in [0.2, 0.25) is 0 Å². The summed E-state index contributed by atoms with van der Waals surface area (Å²) in [6.45, 7) is 0.421. The van der Waals surface area contributed by atoms with E-state index in [1.807, 2.05) is 66.7 Å². The van der Waals surface area contributed by atoms with E-state index in [0.29, 0.717) is 28.2 Å². The Hall–Kier alpha value is -2.55. The highest BCUT2D eigenvalue weighted by molar-refractivity contribution is 9.10. The number of thioether (sulfide) groups is 1. The zero-order chi connectivity index (χ0) is 22.5. The lowest BCUT2D eigenvalue weighted by molar-refractivity contribution is -0.115. The van der Waals surface area contributed by atoms with Crippen LogP contribution in [0.5, 0.6) is 11.5 Å². The average Bonchev–Trinajstić information content (AvgIpc) is 3.11. The van der Waals surface area contributed by atoms with Crippen LogP contribution in [0.15, 0.2) is 85.6 Å². The van der Waals surface area contributed by atoms with Gasteiger partial charge >= 0.3 is 0 Å². The molecule has 4 rings (SSSR count). The Balaban J connectivity index is 1.54. The first-order valence-corrected chi connectivity index (χ1v) is 12.0. The Morgan fingerprint density at radius 2 is 1.88 bits per heavy atom. The van der Waals surface area contributed by atoms with Gasteiger partial charge in [0.25, 0.3) is 5.91 Å². The zero-order valence-corrected chi connectivity index (χ0v) is 21.0. The lowest BCUT2D eigenvalue weighted by atomic mass is 10.2. The van der Waals surface area contributed by atoms with E-state index >= 15 is 0 Å². The van der Waals surface area contributed by atoms with Crippen molar-refractivity contribution in [3.8, 4) is 11.5 Å². The molecule has 1 aliphatic heterocycles. The molecule has 0 radical (unpaired) electrons. The monoisotopic (exact) mass is 572 g/mol. The van der Waals surface area contributed by atoms with E-state index in [1.165, 1.54) is 11.8 Å². The summed E-state index contributed by atoms with van der Waals surface area (Å²) in [5.74, 6) is 0.996. The smallest absolute Gasteiger partial charge is 0.264 e. The third-order valence-electron chi connectivity index (χ3n) is 4.47. The van der Waals surface area contributed by atoms with Crippen LogP contribution in [-0.4, -0.2) is 18.2 Å². The molecule has 1 saturated heterocycles. The third kappa shape index (κ3) is 5.62. The van der Waals surface area contributed by atoms with Crippen LogP contribution in [-0.2, 0) is 11.4 Å². The normalized spacial score (nSPS) is 15.8. The van der Waals surface area contributed by atoms with Crippen molar-refractivity contribution in [3.63, 3.8) is 0 Å². The number of nitrogens with one attached hydrogen (secondary N) is 1. The molecule has 162 valence electrons. The summed E-state index contributed by atoms with van der Waals surface area (Å²) in [5.41, 5.74) is 2.62. The van der Waals surface area contributed by atoms with Crippen LogP contribution in [0.4, 0.5) is 5.69 Å². The molecule has 32 heavy (non-hydrogen) atoms. The van der Waals surface area contributed by atoms with Gasteiger partial charge in [0.1, 0.15) is 6.61 Å². The maximum atomic E-state index is 12.5. The SMILES string of the molecule is COc1cc(/C=C2\SC(=Nc3cccc(Br)c3)NC2=O)cc(Br)c1OCc1ccccc1. The maximum absolute atomic E-state index is 12.5. The van der Waals surface area contributed by atoms with Crippen molar-refractivity contribution >= 4 is 66.5 Å². The summed E-state index contributed by atoms with van der Waals surface area (Å²) in [6, 6.07) is 21.2. The van der Waals surface area contributed by atoms with Gasteiger partial charge in [0.15, 0.2) is 16.7 Å². The van der Waals surface area contributed by atoms with Crippen LogP contribution in [0, 0.1) is 0 Å². The summed E-state index contributed by atoms with van der Waals surface area (Å²) >= 11 is 8.29. The molecule has 1 fully saturated rings. The molecule has 1 heterocycles. The number of halogens is 2. The fourth-order valence-electron chi connectivity index (χ4n) is 2.99. The summed E-state index contributed by atoms with van der Waals surface area (Å²) in [5, 5.41) is 3.34. The Bertz CT molecular complexity index is 1210. The minimum absolute atomic E-state index is 0.191. The van der Waals surface area contributed by atoms with Crippen molar-refractivity contribution < 1.29 is 14.3 Å². The first-order chi connectivity index (χ1) is 15.5. The Kier molecular flexibility index (Phi) is 7.34. The number of hydrogen-bond acceptors (Lipinski definition) is 5. The van der Waals surface area contributed by atoms with Crippen molar-refractivity contribution in [1.29, 1.82) is 0 Å². The number of carbonyl (C=O) groups is 1. The fourth-order valence-corrected chi connectivity index (χ4v) is 4.79. The first kappa shape index (κ1) is 22.6. The molecule has 3 aromatic rings. The minimum Gasteiger partial charge on any atom is -0.493 e. The largest absolute Gasteiger partial charge is 0.493 e. The lowest BCUT2D eigenvalue weighted by Gasteiger charge is -2.13. The van der Waals surface area contributed by atoms with Crippen molar-refractivity contribution in [2.75, 3.05) is 7.11 Å². The second kappa shape index (κ2) is 10.4. The molecule has 0 unspecified atom stereocenters. The van der Waals surface area contributed by atoms with Crippen molar-refractivity contribution in [1.82, 2.24) is 5.32 Å². The Morgan fingerprint density at radius 3 is 2.62 bits per heavy atom. The molecule has 5 nitrogen and oxygen atoms in total. The molecule has 0 atom stereocenters. The van der Waals surface area contributed by atoms with E-state index in [4.69, 9.17) is 9.47 Å². The van der Waals surface area contributed by atoms with E-state index < -0.39 is 0 Å². The first-order valence-electron chi connectivity index (χ1n) is 9.61. The molecule has 0 saturated carbocycles. The number of hydrogen-bond donors (Lipinski definition) is 1. The lowest BCUT2D eigenvalue weighted by Crippen LogP contribution is -2.19. The number of ether oxygens (including phenoxy) is 2. The number of carbonyl (C=O) groups excluding carboxylic acids is 1. The number of nitrogens with zero attached hydrogens (tertiary/aromatic N) is 1. The predicted molar refractivity (Wildman–Crippen MR) is 136 cm³/mol. The molecular formula is C24H18Br2N2O3S. The topological polar surface area (TPSA) is 59.9 Å². The molecule has 1 aliphatic rings. The molecule has 3 aromatic carbocycles. The van der Waals surface area contributed by atoms with Crippen molar-refractivity contribution in [2.24, 2.45) is 4.99 Å². The van der Waals surface area contributed by atoms with E-state index in [9.17, 15) is 4.79 Å². The van der Waals surface area contributed by atoms with Gasteiger partial charge in [-0.15, -0.1) is 0 Å². The minimum atomic E-state index is -0.191. The van der Waals surface area contributed by atoms with E-state index in [-0.39, 0.29) is 5.91 Å². The predicted octanol–water partition coefficient (Wildman–Crippen LogP) is 6.69. The highest BCUT2D eigenvalue weighted by Crippen LogP contribution is 2.39. The second-order valence-electron chi connectivity index (χ2n) is 6.77. The maximum Gasteiger partial charge on any atom is 0.264 e. The van der Waals surface area contributed by atoms with Gasteiger partial charge in [-0.3, -0.25) is 4.79 Å². The van der Waals surface area contributed by atoms with Crippen LogP contribution in [0.3, 0.4) is 0 Å².